The lowest BCUT2D eigenvalue weighted by molar-refractivity contribution is -0.119. The number of hydrogen-bond acceptors (Lipinski definition) is 4. The molecule has 30 heavy (non-hydrogen) atoms. The zero-order valence-corrected chi connectivity index (χ0v) is 18.5. The van der Waals surface area contributed by atoms with Crippen molar-refractivity contribution in [1.82, 2.24) is 5.32 Å². The summed E-state index contributed by atoms with van der Waals surface area (Å²) in [4.78, 5) is 13.6. The number of nitrogens with zero attached hydrogens (tertiary/aromatic N) is 2. The molecule has 0 bridgehead atoms. The van der Waals surface area contributed by atoms with E-state index in [9.17, 15) is 9.18 Å². The molecule has 1 aromatic rings. The highest BCUT2D eigenvalue weighted by Gasteiger charge is 2.57. The van der Waals surface area contributed by atoms with Crippen molar-refractivity contribution in [3.05, 3.63) is 57.7 Å². The Hall–Kier alpha value is -2.30. The smallest absolute Gasteiger partial charge is 0.165 e. The van der Waals surface area contributed by atoms with Crippen LogP contribution in [0.4, 0.5) is 4.39 Å². The van der Waals surface area contributed by atoms with Crippen molar-refractivity contribution < 1.29 is 9.18 Å². The Labute approximate surface area is 177 Å². The first-order valence-electron chi connectivity index (χ1n) is 11.0. The van der Waals surface area contributed by atoms with E-state index in [1.165, 1.54) is 6.07 Å². The van der Waals surface area contributed by atoms with Gasteiger partial charge in [0.05, 0.1) is 11.1 Å². The number of Topliss-reactive ketones (excluding diaryl/α,β-unsaturated/α-hetero) is 1. The third-order valence-electron chi connectivity index (χ3n) is 6.95. The molecule has 0 saturated carbocycles. The van der Waals surface area contributed by atoms with Gasteiger partial charge in [-0.15, -0.1) is 0 Å². The van der Waals surface area contributed by atoms with Crippen LogP contribution in [0.15, 0.2) is 51.0 Å². The minimum absolute atomic E-state index is 0.0357. The SMILES string of the molecule is CC(C)(C)CC1=C2C(N=N1)NC1=C(C(=O)CC(C)(C)C1)[C@]21CCc2ccc(F)cc21. The average Bonchev–Trinajstić information content (AvgIpc) is 3.15. The number of hydrogen-bond donors (Lipinski definition) is 1. The van der Waals surface area contributed by atoms with Crippen LogP contribution in [0.3, 0.4) is 0 Å². The molecule has 2 aliphatic heterocycles. The molecule has 4 nitrogen and oxygen atoms in total. The maximum atomic E-state index is 14.5. The Morgan fingerprint density at radius 1 is 1.23 bits per heavy atom. The molecule has 4 aliphatic rings. The lowest BCUT2D eigenvalue weighted by atomic mass is 9.59. The lowest BCUT2D eigenvalue weighted by Gasteiger charge is -2.47. The number of carbonyl (C=O) groups is 1. The van der Waals surface area contributed by atoms with Gasteiger partial charge in [-0.3, -0.25) is 4.79 Å². The van der Waals surface area contributed by atoms with Crippen molar-refractivity contribution in [3.8, 4) is 0 Å². The predicted molar refractivity (Wildman–Crippen MR) is 114 cm³/mol. The third kappa shape index (κ3) is 2.81. The van der Waals surface area contributed by atoms with Crippen molar-refractivity contribution in [2.45, 2.75) is 78.3 Å². The predicted octanol–water partition coefficient (Wildman–Crippen LogP) is 5.74. The van der Waals surface area contributed by atoms with E-state index in [0.717, 1.165) is 59.4 Å². The molecule has 5 heteroatoms. The fraction of sp³-hybridized carbons (Fsp3) is 0.560. The normalized spacial score (nSPS) is 29.3. The highest BCUT2D eigenvalue weighted by Crippen LogP contribution is 2.59. The minimum Gasteiger partial charge on any atom is -0.362 e. The van der Waals surface area contributed by atoms with Crippen LogP contribution in [0, 0.1) is 16.6 Å². The van der Waals surface area contributed by atoms with E-state index < -0.39 is 5.41 Å². The van der Waals surface area contributed by atoms with Gasteiger partial charge in [0.2, 0.25) is 0 Å². The van der Waals surface area contributed by atoms with Crippen molar-refractivity contribution in [2.24, 2.45) is 21.1 Å². The number of allylic oxidation sites excluding steroid dienone is 3. The average molecular weight is 408 g/mol. The summed E-state index contributed by atoms with van der Waals surface area (Å²) < 4.78 is 14.5. The van der Waals surface area contributed by atoms with Gasteiger partial charge in [0, 0.05) is 23.3 Å². The third-order valence-corrected chi connectivity index (χ3v) is 6.95. The molecular formula is C25H30FN3O. The van der Waals surface area contributed by atoms with Gasteiger partial charge in [-0.25, -0.2) is 4.39 Å². The molecule has 0 radical (unpaired) electrons. The van der Waals surface area contributed by atoms with Crippen LogP contribution in [-0.4, -0.2) is 11.9 Å². The molecule has 158 valence electrons. The van der Waals surface area contributed by atoms with Crippen LogP contribution >= 0.6 is 0 Å². The van der Waals surface area contributed by atoms with Gasteiger partial charge in [-0.2, -0.15) is 10.2 Å². The first kappa shape index (κ1) is 19.7. The standard InChI is InChI=1S/C25H30FN3O/c1-23(2,3)11-18-21-22(29-28-18)27-17-12-24(4,5)13-19(30)20(17)25(21)9-8-14-6-7-15(26)10-16(14)25/h6-7,10,22,27H,8-9,11-13H2,1-5H3/t22?,25-/m1/s1. The van der Waals surface area contributed by atoms with Gasteiger partial charge in [0.25, 0.3) is 0 Å². The van der Waals surface area contributed by atoms with Crippen LogP contribution < -0.4 is 5.32 Å². The van der Waals surface area contributed by atoms with Crippen molar-refractivity contribution >= 4 is 5.78 Å². The fourth-order valence-electron chi connectivity index (χ4n) is 6.01. The lowest BCUT2D eigenvalue weighted by Crippen LogP contribution is -2.51. The van der Waals surface area contributed by atoms with Gasteiger partial charge in [-0.05, 0) is 59.8 Å². The molecule has 1 N–H and O–H groups in total. The Balaban J connectivity index is 1.81. The number of nitrogens with one attached hydrogen (secondary N) is 1. The van der Waals surface area contributed by atoms with E-state index in [1.807, 2.05) is 6.07 Å². The summed E-state index contributed by atoms with van der Waals surface area (Å²) in [6.07, 6.45) is 3.44. The summed E-state index contributed by atoms with van der Waals surface area (Å²) in [7, 11) is 0. The summed E-state index contributed by atoms with van der Waals surface area (Å²) in [5.41, 5.74) is 5.27. The highest BCUT2D eigenvalue weighted by atomic mass is 19.1. The summed E-state index contributed by atoms with van der Waals surface area (Å²) in [5.74, 6) is -0.0699. The fourth-order valence-corrected chi connectivity index (χ4v) is 6.01. The molecule has 1 aromatic carbocycles. The van der Waals surface area contributed by atoms with E-state index in [1.54, 1.807) is 6.07 Å². The Morgan fingerprint density at radius 2 is 2.00 bits per heavy atom. The molecular weight excluding hydrogens is 377 g/mol. The number of ketones is 1. The van der Waals surface area contributed by atoms with Crippen molar-refractivity contribution in [1.29, 1.82) is 0 Å². The maximum absolute atomic E-state index is 14.5. The first-order valence-corrected chi connectivity index (χ1v) is 11.0. The number of benzene rings is 1. The molecule has 0 fully saturated rings. The molecule has 0 amide bonds. The largest absolute Gasteiger partial charge is 0.362 e. The van der Waals surface area contributed by atoms with E-state index in [0.29, 0.717) is 6.42 Å². The van der Waals surface area contributed by atoms with Crippen LogP contribution in [0.25, 0.3) is 0 Å². The van der Waals surface area contributed by atoms with E-state index >= 15 is 0 Å². The molecule has 0 aromatic heterocycles. The monoisotopic (exact) mass is 407 g/mol. The second-order valence-electron chi connectivity index (χ2n) is 11.4. The molecule has 5 rings (SSSR count). The van der Waals surface area contributed by atoms with Crippen LogP contribution in [0.2, 0.25) is 0 Å². The number of rotatable bonds is 1. The van der Waals surface area contributed by atoms with E-state index in [4.69, 9.17) is 0 Å². The van der Waals surface area contributed by atoms with Crippen LogP contribution in [-0.2, 0) is 16.6 Å². The number of azo groups is 1. The zero-order valence-electron chi connectivity index (χ0n) is 18.5. The topological polar surface area (TPSA) is 53.8 Å². The van der Waals surface area contributed by atoms with Gasteiger partial charge < -0.3 is 5.32 Å². The number of fused-ring (bicyclic) bond motifs is 5. The van der Waals surface area contributed by atoms with E-state index in [2.05, 4.69) is 50.2 Å². The zero-order chi connectivity index (χ0) is 21.5. The van der Waals surface area contributed by atoms with Gasteiger partial charge in [-0.1, -0.05) is 40.7 Å². The van der Waals surface area contributed by atoms with E-state index in [-0.39, 0.29) is 28.6 Å². The molecule has 2 heterocycles. The number of halogens is 1. The summed E-state index contributed by atoms with van der Waals surface area (Å²) in [6.45, 7) is 10.8. The minimum atomic E-state index is -0.611. The summed E-state index contributed by atoms with van der Waals surface area (Å²) in [6, 6.07) is 5.08. The quantitative estimate of drug-likeness (QED) is 0.645. The Bertz CT molecular complexity index is 1060. The van der Waals surface area contributed by atoms with Gasteiger partial charge in [0.1, 0.15) is 5.82 Å². The Kier molecular flexibility index (Phi) is 4.01. The Morgan fingerprint density at radius 3 is 2.73 bits per heavy atom. The second kappa shape index (κ2) is 6.12. The molecule has 2 atom stereocenters. The van der Waals surface area contributed by atoms with Crippen molar-refractivity contribution in [2.75, 3.05) is 0 Å². The molecule has 1 spiro atoms. The number of aryl methyl sites for hydroxylation is 1. The van der Waals surface area contributed by atoms with Gasteiger partial charge >= 0.3 is 0 Å². The second-order valence-corrected chi connectivity index (χ2v) is 11.4. The van der Waals surface area contributed by atoms with Crippen LogP contribution in [0.5, 0.6) is 0 Å². The molecule has 0 saturated heterocycles. The number of carbonyl (C=O) groups excluding carboxylic acids is 1. The van der Waals surface area contributed by atoms with Crippen LogP contribution in [0.1, 0.15) is 71.4 Å². The van der Waals surface area contributed by atoms with Gasteiger partial charge in [0.15, 0.2) is 11.9 Å². The highest BCUT2D eigenvalue weighted by molar-refractivity contribution is 6.02. The summed E-state index contributed by atoms with van der Waals surface area (Å²) >= 11 is 0. The van der Waals surface area contributed by atoms with Crippen molar-refractivity contribution in [3.63, 3.8) is 0 Å². The maximum Gasteiger partial charge on any atom is 0.165 e. The molecule has 1 unspecified atom stereocenters. The summed E-state index contributed by atoms with van der Waals surface area (Å²) in [5, 5.41) is 12.8. The molecule has 2 aliphatic carbocycles. The first-order chi connectivity index (χ1) is 14.0.